The Morgan fingerprint density at radius 1 is 1.28 bits per heavy atom. The van der Waals surface area contributed by atoms with E-state index in [2.05, 4.69) is 29.5 Å². The highest BCUT2D eigenvalue weighted by atomic mass is 32.1. The average molecular weight is 449 g/mol. The number of aromatic nitrogens is 1. The van der Waals surface area contributed by atoms with Crippen LogP contribution in [-0.4, -0.2) is 23.2 Å². The molecule has 3 aromatic rings. The molecule has 0 radical (unpaired) electrons. The van der Waals surface area contributed by atoms with Crippen LogP contribution < -0.4 is 15.5 Å². The van der Waals surface area contributed by atoms with Crippen LogP contribution in [0.3, 0.4) is 0 Å². The number of allylic oxidation sites excluding steroid dienone is 1. The van der Waals surface area contributed by atoms with Gasteiger partial charge in [-0.15, -0.1) is 11.3 Å². The van der Waals surface area contributed by atoms with Crippen molar-refractivity contribution in [2.24, 2.45) is 5.41 Å². The fourth-order valence-corrected chi connectivity index (χ4v) is 5.11. The molecule has 7 nitrogen and oxygen atoms in total. The van der Waals surface area contributed by atoms with Gasteiger partial charge in [0.2, 0.25) is 5.91 Å². The van der Waals surface area contributed by atoms with E-state index in [1.54, 1.807) is 12.5 Å². The van der Waals surface area contributed by atoms with Crippen molar-refractivity contribution in [1.29, 1.82) is 0 Å². The first-order chi connectivity index (χ1) is 15.4. The lowest BCUT2D eigenvalue weighted by atomic mass is 9.74. The normalized spacial score (nSPS) is 19.6. The van der Waals surface area contributed by atoms with Crippen LogP contribution in [0.2, 0.25) is 0 Å². The van der Waals surface area contributed by atoms with Crippen molar-refractivity contribution in [2.75, 3.05) is 22.1 Å². The van der Waals surface area contributed by atoms with Gasteiger partial charge in [0.25, 0.3) is 0 Å². The van der Waals surface area contributed by atoms with Crippen LogP contribution in [0.5, 0.6) is 0 Å². The number of Topliss-reactive ketones (excluding diaryl/α,β-unsaturated/α-hetero) is 1. The molecule has 0 fully saturated rings. The third kappa shape index (κ3) is 3.82. The summed E-state index contributed by atoms with van der Waals surface area (Å²) < 4.78 is 5.81. The molecule has 8 heteroatoms. The standard InChI is InChI=1S/C24H24N4O3S/c1-24(2)12-16-21(18(29)13-24)22(19-8-5-10-31-19)28(17-7-4-3-6-15(17)26-16)14-20(30)27-23-25-9-11-32-23/h3-11,22,26H,12-14H2,1-2H3,(H,25,27,30)/t22-/m0/s1. The van der Waals surface area contributed by atoms with E-state index < -0.39 is 6.04 Å². The zero-order valence-electron chi connectivity index (χ0n) is 17.9. The summed E-state index contributed by atoms with van der Waals surface area (Å²) in [6.07, 6.45) is 4.43. The van der Waals surface area contributed by atoms with Crippen molar-refractivity contribution < 1.29 is 14.0 Å². The van der Waals surface area contributed by atoms with E-state index in [4.69, 9.17) is 4.42 Å². The summed E-state index contributed by atoms with van der Waals surface area (Å²) in [5, 5.41) is 8.73. The van der Waals surface area contributed by atoms with Gasteiger partial charge in [-0.2, -0.15) is 0 Å². The van der Waals surface area contributed by atoms with E-state index in [1.807, 2.05) is 46.7 Å². The minimum Gasteiger partial charge on any atom is -0.467 e. The van der Waals surface area contributed by atoms with Crippen LogP contribution in [0.25, 0.3) is 0 Å². The minimum atomic E-state index is -0.512. The number of hydrogen-bond acceptors (Lipinski definition) is 7. The summed E-state index contributed by atoms with van der Waals surface area (Å²) in [6, 6.07) is 11.0. The molecule has 2 aliphatic rings. The van der Waals surface area contributed by atoms with Crippen molar-refractivity contribution in [3.63, 3.8) is 0 Å². The number of rotatable bonds is 4. The predicted molar refractivity (Wildman–Crippen MR) is 125 cm³/mol. The monoisotopic (exact) mass is 448 g/mol. The quantitative estimate of drug-likeness (QED) is 0.585. The second kappa shape index (κ2) is 7.94. The van der Waals surface area contributed by atoms with Crippen molar-refractivity contribution in [2.45, 2.75) is 32.7 Å². The van der Waals surface area contributed by atoms with Gasteiger partial charge in [-0.25, -0.2) is 4.98 Å². The second-order valence-electron chi connectivity index (χ2n) is 8.91. The van der Waals surface area contributed by atoms with Crippen molar-refractivity contribution in [3.05, 3.63) is 71.3 Å². The number of nitrogens with one attached hydrogen (secondary N) is 2. The number of nitrogens with zero attached hydrogens (tertiary/aromatic N) is 2. The number of carbonyl (C=O) groups excluding carboxylic acids is 2. The van der Waals surface area contributed by atoms with E-state index in [1.165, 1.54) is 11.3 Å². The molecule has 1 aliphatic carbocycles. The molecular formula is C24H24N4O3S. The Hall–Kier alpha value is -3.39. The maximum absolute atomic E-state index is 13.5. The third-order valence-corrected chi connectivity index (χ3v) is 6.50. The lowest BCUT2D eigenvalue weighted by Gasteiger charge is -2.36. The van der Waals surface area contributed by atoms with E-state index in [9.17, 15) is 9.59 Å². The highest BCUT2D eigenvalue weighted by Gasteiger charge is 2.42. The number of anilines is 3. The number of furan rings is 1. The van der Waals surface area contributed by atoms with E-state index in [0.29, 0.717) is 22.9 Å². The van der Waals surface area contributed by atoms with Crippen molar-refractivity contribution >= 4 is 39.5 Å². The largest absolute Gasteiger partial charge is 0.467 e. The summed E-state index contributed by atoms with van der Waals surface area (Å²) in [4.78, 5) is 32.6. The van der Waals surface area contributed by atoms with Crippen LogP contribution in [0.1, 0.15) is 38.5 Å². The fraction of sp³-hybridized carbons (Fsp3) is 0.292. The van der Waals surface area contributed by atoms with Gasteiger partial charge in [0, 0.05) is 29.3 Å². The number of thiazole rings is 1. The van der Waals surface area contributed by atoms with Crippen LogP contribution in [0, 0.1) is 5.41 Å². The SMILES string of the molecule is CC1(C)CC(=O)C2=C(C1)Nc1ccccc1N(CC(=O)Nc1nccs1)[C@H]2c1ccco1. The number of hydrogen-bond donors (Lipinski definition) is 2. The number of amides is 1. The third-order valence-electron chi connectivity index (χ3n) is 5.81. The highest BCUT2D eigenvalue weighted by Crippen LogP contribution is 2.48. The summed E-state index contributed by atoms with van der Waals surface area (Å²) in [5.41, 5.74) is 3.11. The topological polar surface area (TPSA) is 87.5 Å². The van der Waals surface area contributed by atoms with Gasteiger partial charge in [0.05, 0.1) is 24.2 Å². The van der Waals surface area contributed by atoms with Gasteiger partial charge in [0.1, 0.15) is 11.8 Å². The maximum Gasteiger partial charge on any atom is 0.245 e. The number of ketones is 1. The zero-order valence-corrected chi connectivity index (χ0v) is 18.7. The summed E-state index contributed by atoms with van der Waals surface area (Å²) in [5.74, 6) is 0.494. The molecular weight excluding hydrogens is 424 g/mol. The maximum atomic E-state index is 13.5. The Balaban J connectivity index is 1.63. The van der Waals surface area contributed by atoms with Crippen molar-refractivity contribution in [3.8, 4) is 0 Å². The number of para-hydroxylation sites is 2. The molecule has 0 saturated heterocycles. The van der Waals surface area contributed by atoms with Crippen LogP contribution in [0.15, 0.2) is 69.9 Å². The molecule has 3 heterocycles. The van der Waals surface area contributed by atoms with Gasteiger partial charge in [-0.3, -0.25) is 9.59 Å². The average Bonchev–Trinajstić information content (AvgIpc) is 3.41. The van der Waals surface area contributed by atoms with Gasteiger partial charge < -0.3 is 20.0 Å². The minimum absolute atomic E-state index is 0.0388. The number of fused-ring (bicyclic) bond motifs is 1. The van der Waals surface area contributed by atoms with Gasteiger partial charge >= 0.3 is 0 Å². The summed E-state index contributed by atoms with van der Waals surface area (Å²) in [7, 11) is 0. The van der Waals surface area contributed by atoms with Crippen molar-refractivity contribution in [1.82, 2.24) is 4.98 Å². The van der Waals surface area contributed by atoms with Crippen LogP contribution >= 0.6 is 11.3 Å². The molecule has 1 amide bonds. The first kappa shape index (κ1) is 20.5. The Bertz CT molecular complexity index is 1180. The highest BCUT2D eigenvalue weighted by molar-refractivity contribution is 7.13. The molecule has 1 atom stereocenters. The summed E-state index contributed by atoms with van der Waals surface area (Å²) in [6.45, 7) is 4.25. The molecule has 32 heavy (non-hydrogen) atoms. The van der Waals surface area contributed by atoms with E-state index in [-0.39, 0.29) is 23.7 Å². The fourth-order valence-electron chi connectivity index (χ4n) is 4.57. The van der Waals surface area contributed by atoms with Crippen LogP contribution in [-0.2, 0) is 9.59 Å². The predicted octanol–water partition coefficient (Wildman–Crippen LogP) is 4.99. The molecule has 0 bridgehead atoms. The first-order valence-corrected chi connectivity index (χ1v) is 11.4. The Morgan fingerprint density at radius 3 is 2.88 bits per heavy atom. The number of carbonyl (C=O) groups is 2. The molecule has 0 unspecified atom stereocenters. The van der Waals surface area contributed by atoms with Gasteiger partial charge in [-0.1, -0.05) is 26.0 Å². The summed E-state index contributed by atoms with van der Waals surface area (Å²) >= 11 is 1.36. The van der Waals surface area contributed by atoms with E-state index in [0.717, 1.165) is 23.5 Å². The molecule has 1 aliphatic heterocycles. The lowest BCUT2D eigenvalue weighted by Crippen LogP contribution is -2.40. The molecule has 0 spiro atoms. The van der Waals surface area contributed by atoms with Gasteiger partial charge in [-0.05, 0) is 36.1 Å². The van der Waals surface area contributed by atoms with Crippen LogP contribution in [0.4, 0.5) is 16.5 Å². The number of benzene rings is 1. The first-order valence-electron chi connectivity index (χ1n) is 10.5. The Kier molecular flexibility index (Phi) is 5.09. The Morgan fingerprint density at radius 2 is 2.12 bits per heavy atom. The second-order valence-corrected chi connectivity index (χ2v) is 9.80. The van der Waals surface area contributed by atoms with Gasteiger partial charge in [0.15, 0.2) is 10.9 Å². The lowest BCUT2D eigenvalue weighted by molar-refractivity contribution is -0.119. The molecule has 2 N–H and O–H groups in total. The Labute approximate surface area is 190 Å². The zero-order chi connectivity index (χ0) is 22.3. The smallest absolute Gasteiger partial charge is 0.245 e. The molecule has 1 aromatic carbocycles. The molecule has 5 rings (SSSR count). The molecule has 2 aromatic heterocycles. The van der Waals surface area contributed by atoms with E-state index >= 15 is 0 Å². The molecule has 0 saturated carbocycles. The molecule has 164 valence electrons.